The summed E-state index contributed by atoms with van der Waals surface area (Å²) in [6, 6.07) is 15.5. The van der Waals surface area contributed by atoms with Gasteiger partial charge in [-0.25, -0.2) is 0 Å². The van der Waals surface area contributed by atoms with Crippen LogP contribution >= 0.6 is 15.9 Å². The quantitative estimate of drug-likeness (QED) is 0.125. The number of aryl methyl sites for hydroxylation is 1. The molecule has 1 aromatic heterocycles. The number of halogens is 1. The highest BCUT2D eigenvalue weighted by molar-refractivity contribution is 9.10. The first kappa shape index (κ1) is 26.9. The van der Waals surface area contributed by atoms with Crippen molar-refractivity contribution in [1.29, 1.82) is 0 Å². The molecule has 1 heterocycles. The van der Waals surface area contributed by atoms with Gasteiger partial charge in [-0.3, -0.25) is 4.79 Å². The molecule has 0 bridgehead atoms. The van der Waals surface area contributed by atoms with Crippen molar-refractivity contribution in [2.45, 2.75) is 0 Å². The van der Waals surface area contributed by atoms with E-state index in [4.69, 9.17) is 18.9 Å². The molecule has 4 aromatic rings. The van der Waals surface area contributed by atoms with E-state index in [1.165, 1.54) is 6.08 Å². The van der Waals surface area contributed by atoms with Gasteiger partial charge in [0.15, 0.2) is 23.0 Å². The molecule has 0 unspecified atom stereocenters. The van der Waals surface area contributed by atoms with E-state index < -0.39 is 0 Å². The fourth-order valence-electron chi connectivity index (χ4n) is 4.25. The number of ether oxygens (including phenoxy) is 4. The highest BCUT2D eigenvalue weighted by Crippen LogP contribution is 2.39. The summed E-state index contributed by atoms with van der Waals surface area (Å²) in [4.78, 5) is 12.9. The number of aromatic nitrogens is 1. The van der Waals surface area contributed by atoms with Gasteiger partial charge in [0.1, 0.15) is 0 Å². The van der Waals surface area contributed by atoms with Gasteiger partial charge < -0.3 is 28.8 Å². The summed E-state index contributed by atoms with van der Waals surface area (Å²) >= 11 is 3.59. The fourth-order valence-corrected chi connectivity index (χ4v) is 4.89. The molecule has 196 valence electrons. The number of nitrogens with zero attached hydrogens (tertiary/aromatic N) is 1. The second-order valence-electron chi connectivity index (χ2n) is 8.39. The average molecular weight is 577 g/mol. The van der Waals surface area contributed by atoms with Crippen LogP contribution in [0.2, 0.25) is 0 Å². The van der Waals surface area contributed by atoms with Crippen LogP contribution in [0.4, 0.5) is 5.69 Å². The molecule has 7 nitrogen and oxygen atoms in total. The van der Waals surface area contributed by atoms with Crippen LogP contribution < -0.4 is 24.3 Å². The van der Waals surface area contributed by atoms with Crippen molar-refractivity contribution in [3.8, 4) is 23.0 Å². The zero-order valence-electron chi connectivity index (χ0n) is 21.9. The molecule has 0 atom stereocenters. The number of carbonyl (C=O) groups excluding carboxylic acids is 1. The van der Waals surface area contributed by atoms with E-state index >= 15 is 0 Å². The van der Waals surface area contributed by atoms with E-state index in [-0.39, 0.29) is 5.78 Å². The molecule has 0 radical (unpaired) electrons. The summed E-state index contributed by atoms with van der Waals surface area (Å²) < 4.78 is 24.6. The maximum absolute atomic E-state index is 12.9. The lowest BCUT2D eigenvalue weighted by molar-refractivity contribution is 0.104. The highest BCUT2D eigenvalue weighted by Gasteiger charge is 2.14. The van der Waals surface area contributed by atoms with Crippen molar-refractivity contribution in [1.82, 2.24) is 4.57 Å². The van der Waals surface area contributed by atoms with E-state index in [2.05, 4.69) is 21.2 Å². The van der Waals surface area contributed by atoms with Crippen molar-refractivity contribution >= 4 is 50.5 Å². The van der Waals surface area contributed by atoms with Crippen molar-refractivity contribution < 1.29 is 23.7 Å². The third-order valence-electron chi connectivity index (χ3n) is 6.06. The van der Waals surface area contributed by atoms with E-state index in [1.807, 2.05) is 78.5 Å². The molecule has 0 aliphatic carbocycles. The molecule has 1 N–H and O–H groups in total. The molecule has 3 aromatic carbocycles. The van der Waals surface area contributed by atoms with Gasteiger partial charge in [0, 0.05) is 42.0 Å². The van der Waals surface area contributed by atoms with E-state index in [1.54, 1.807) is 34.6 Å². The number of ketones is 1. The summed E-state index contributed by atoms with van der Waals surface area (Å²) in [6.45, 7) is 0. The van der Waals surface area contributed by atoms with Gasteiger partial charge in [-0.15, -0.1) is 0 Å². The lowest BCUT2D eigenvalue weighted by Crippen LogP contribution is -1.98. The monoisotopic (exact) mass is 576 g/mol. The molecule has 8 heteroatoms. The molecule has 0 amide bonds. The predicted octanol–water partition coefficient (Wildman–Crippen LogP) is 6.95. The van der Waals surface area contributed by atoms with Gasteiger partial charge >= 0.3 is 0 Å². The smallest absolute Gasteiger partial charge is 0.203 e. The second kappa shape index (κ2) is 11.9. The Morgan fingerprint density at radius 3 is 2.13 bits per heavy atom. The van der Waals surface area contributed by atoms with Crippen LogP contribution in [0, 0.1) is 0 Å². The SMILES string of the molecule is COc1cc(C=Cc2cc(Br)c(OC)c(N/C=C\C(=O)c3cn(C)c4ccccc34)c2)cc(OC)c1OC. The van der Waals surface area contributed by atoms with Crippen LogP contribution in [0.3, 0.4) is 0 Å². The molecule has 0 aliphatic rings. The number of methoxy groups -OCH3 is 4. The van der Waals surface area contributed by atoms with Gasteiger partial charge in [0.25, 0.3) is 0 Å². The first-order chi connectivity index (χ1) is 18.4. The number of rotatable bonds is 10. The normalized spacial score (nSPS) is 11.3. The Morgan fingerprint density at radius 1 is 0.868 bits per heavy atom. The minimum atomic E-state index is -0.0919. The molecule has 0 saturated heterocycles. The third-order valence-corrected chi connectivity index (χ3v) is 6.65. The van der Waals surface area contributed by atoms with E-state index in [0.717, 1.165) is 26.5 Å². The number of nitrogens with one attached hydrogen (secondary N) is 1. The number of allylic oxidation sites excluding steroid dienone is 1. The van der Waals surface area contributed by atoms with Gasteiger partial charge in [-0.1, -0.05) is 30.4 Å². The van der Waals surface area contributed by atoms with Gasteiger partial charge in [-0.05, 0) is 57.4 Å². The summed E-state index contributed by atoms with van der Waals surface area (Å²) in [5.41, 5.74) is 4.14. The number of anilines is 1. The number of para-hydroxylation sites is 1. The fraction of sp³-hybridized carbons (Fsp3) is 0.167. The first-order valence-corrected chi connectivity index (χ1v) is 12.6. The lowest BCUT2D eigenvalue weighted by Gasteiger charge is -2.13. The highest BCUT2D eigenvalue weighted by atomic mass is 79.9. The minimum absolute atomic E-state index is 0.0919. The lowest BCUT2D eigenvalue weighted by atomic mass is 10.1. The topological polar surface area (TPSA) is 71.0 Å². The van der Waals surface area contributed by atoms with Crippen molar-refractivity contribution in [3.05, 3.63) is 88.2 Å². The van der Waals surface area contributed by atoms with Crippen LogP contribution in [0.25, 0.3) is 23.1 Å². The Labute approximate surface area is 230 Å². The van der Waals surface area contributed by atoms with Crippen LogP contribution in [0.15, 0.2) is 71.5 Å². The van der Waals surface area contributed by atoms with Crippen molar-refractivity contribution in [3.63, 3.8) is 0 Å². The maximum atomic E-state index is 12.9. The van der Waals surface area contributed by atoms with Crippen molar-refractivity contribution in [2.75, 3.05) is 33.8 Å². The Kier molecular flexibility index (Phi) is 8.43. The molecular weight excluding hydrogens is 548 g/mol. The zero-order valence-corrected chi connectivity index (χ0v) is 23.5. The number of carbonyl (C=O) groups is 1. The second-order valence-corrected chi connectivity index (χ2v) is 9.24. The zero-order chi connectivity index (χ0) is 27.2. The minimum Gasteiger partial charge on any atom is -0.493 e. The standard InChI is InChI=1S/C30H29BrN2O5/c1-33-18-22(21-8-6-7-9-25(21)33)26(34)12-13-32-24-15-19(14-23(31)29(24)37-4)10-11-20-16-27(35-2)30(38-5)28(17-20)36-3/h6-18,32H,1-5H3/b11-10?,13-12-. The van der Waals surface area contributed by atoms with Crippen molar-refractivity contribution in [2.24, 2.45) is 7.05 Å². The molecule has 0 spiro atoms. The van der Waals surface area contributed by atoms with E-state index in [0.29, 0.717) is 34.2 Å². The number of hydrogen-bond donors (Lipinski definition) is 1. The summed E-state index contributed by atoms with van der Waals surface area (Å²) in [7, 11) is 8.27. The number of benzene rings is 3. The molecular formula is C30H29BrN2O5. The van der Waals surface area contributed by atoms with Gasteiger partial charge in [0.05, 0.1) is 38.6 Å². The molecule has 4 rings (SSSR count). The Bertz CT molecular complexity index is 1510. The predicted molar refractivity (Wildman–Crippen MR) is 156 cm³/mol. The van der Waals surface area contributed by atoms with Gasteiger partial charge in [0.2, 0.25) is 5.75 Å². The largest absolute Gasteiger partial charge is 0.493 e. The van der Waals surface area contributed by atoms with Crippen LogP contribution in [-0.4, -0.2) is 38.8 Å². The molecule has 38 heavy (non-hydrogen) atoms. The molecule has 0 aliphatic heterocycles. The van der Waals surface area contributed by atoms with Crippen LogP contribution in [0.1, 0.15) is 21.5 Å². The molecule has 0 saturated carbocycles. The first-order valence-electron chi connectivity index (χ1n) is 11.8. The Morgan fingerprint density at radius 2 is 1.50 bits per heavy atom. The molecule has 0 fully saturated rings. The Balaban J connectivity index is 1.58. The average Bonchev–Trinajstić information content (AvgIpc) is 3.27. The van der Waals surface area contributed by atoms with E-state index in [9.17, 15) is 4.79 Å². The third kappa shape index (κ3) is 5.55. The van der Waals surface area contributed by atoms with Crippen LogP contribution in [-0.2, 0) is 7.05 Å². The number of fused-ring (bicyclic) bond motifs is 1. The Hall–Kier alpha value is -4.17. The van der Waals surface area contributed by atoms with Crippen LogP contribution in [0.5, 0.6) is 23.0 Å². The summed E-state index contributed by atoms with van der Waals surface area (Å²) in [6.07, 6.45) is 8.90. The number of hydrogen-bond acceptors (Lipinski definition) is 6. The summed E-state index contributed by atoms with van der Waals surface area (Å²) in [5, 5.41) is 4.12. The maximum Gasteiger partial charge on any atom is 0.203 e. The summed E-state index contributed by atoms with van der Waals surface area (Å²) in [5.74, 6) is 2.22. The van der Waals surface area contributed by atoms with Gasteiger partial charge in [-0.2, -0.15) is 0 Å².